The molecule has 2 aromatic heterocycles. The van der Waals surface area contributed by atoms with E-state index in [0.29, 0.717) is 40.8 Å². The van der Waals surface area contributed by atoms with Gasteiger partial charge in [0.25, 0.3) is 5.91 Å². The van der Waals surface area contributed by atoms with E-state index in [2.05, 4.69) is 15.4 Å². The lowest BCUT2D eigenvalue weighted by Crippen LogP contribution is -2.61. The normalized spacial score (nSPS) is 19.3. The van der Waals surface area contributed by atoms with Crippen molar-refractivity contribution in [1.29, 1.82) is 0 Å². The molecule has 2 aliphatic rings. The van der Waals surface area contributed by atoms with Crippen molar-refractivity contribution >= 4 is 29.1 Å². The molecule has 2 fully saturated rings. The molecule has 8 nitrogen and oxygen atoms in total. The average molecular weight is 454 g/mol. The summed E-state index contributed by atoms with van der Waals surface area (Å²) in [6.45, 7) is 2.27. The van der Waals surface area contributed by atoms with Crippen LogP contribution in [0.15, 0.2) is 36.5 Å². The van der Waals surface area contributed by atoms with Crippen molar-refractivity contribution in [3.05, 3.63) is 58.5 Å². The van der Waals surface area contributed by atoms with Gasteiger partial charge in [0.05, 0.1) is 18.2 Å². The third-order valence-electron chi connectivity index (χ3n) is 6.26. The fourth-order valence-electron chi connectivity index (χ4n) is 4.18. The topological polar surface area (TPSA) is 88.8 Å². The van der Waals surface area contributed by atoms with Gasteiger partial charge in [-0.1, -0.05) is 23.7 Å². The molecule has 1 saturated carbocycles. The van der Waals surface area contributed by atoms with Crippen molar-refractivity contribution in [2.75, 3.05) is 13.7 Å². The smallest absolute Gasteiger partial charge is 0.256 e. The Bertz CT molecular complexity index is 1220. The highest BCUT2D eigenvalue weighted by atomic mass is 35.5. The summed E-state index contributed by atoms with van der Waals surface area (Å²) in [6, 6.07) is 8.85. The van der Waals surface area contributed by atoms with Crippen molar-refractivity contribution < 1.29 is 14.3 Å². The minimum atomic E-state index is -0.528. The van der Waals surface area contributed by atoms with Crippen LogP contribution in [0.2, 0.25) is 5.02 Å². The van der Waals surface area contributed by atoms with Crippen molar-refractivity contribution in [1.82, 2.24) is 24.8 Å². The number of hydrogen-bond acceptors (Lipinski definition) is 5. The zero-order chi connectivity index (χ0) is 22.5. The molecule has 1 aliphatic heterocycles. The Morgan fingerprint density at radius 1 is 1.31 bits per heavy atom. The number of amides is 2. The number of nitrogens with zero attached hydrogens (tertiary/aromatic N) is 4. The van der Waals surface area contributed by atoms with Gasteiger partial charge in [-0.15, -0.1) is 0 Å². The van der Waals surface area contributed by atoms with Crippen LogP contribution < -0.4 is 10.1 Å². The molecule has 1 spiro atoms. The molecule has 1 atom stereocenters. The number of ether oxygens (including phenoxy) is 1. The lowest BCUT2D eigenvalue weighted by atomic mass is 10.1. The monoisotopic (exact) mass is 453 g/mol. The van der Waals surface area contributed by atoms with E-state index < -0.39 is 6.04 Å². The molecule has 32 heavy (non-hydrogen) atoms. The van der Waals surface area contributed by atoms with E-state index in [4.69, 9.17) is 16.3 Å². The summed E-state index contributed by atoms with van der Waals surface area (Å²) in [5, 5.41) is 8.31. The van der Waals surface area contributed by atoms with Crippen LogP contribution in [0.25, 0.3) is 5.65 Å². The lowest BCUT2D eigenvalue weighted by molar-refractivity contribution is -0.129. The molecule has 5 rings (SSSR count). The summed E-state index contributed by atoms with van der Waals surface area (Å²) < 4.78 is 7.09. The largest absolute Gasteiger partial charge is 0.493 e. The van der Waals surface area contributed by atoms with Gasteiger partial charge in [-0.2, -0.15) is 5.10 Å². The Labute approximate surface area is 190 Å². The van der Waals surface area contributed by atoms with Crippen molar-refractivity contribution in [3.8, 4) is 5.75 Å². The molecular weight excluding hydrogens is 430 g/mol. The summed E-state index contributed by atoms with van der Waals surface area (Å²) in [4.78, 5) is 32.0. The number of aryl methyl sites for hydroxylation is 2. The summed E-state index contributed by atoms with van der Waals surface area (Å²) >= 11 is 6.07. The molecule has 2 amide bonds. The van der Waals surface area contributed by atoms with Gasteiger partial charge in [-0.3, -0.25) is 9.59 Å². The number of piperazine rings is 1. The van der Waals surface area contributed by atoms with E-state index in [1.165, 1.54) is 0 Å². The van der Waals surface area contributed by atoms with Crippen LogP contribution >= 0.6 is 11.6 Å². The van der Waals surface area contributed by atoms with Crippen LogP contribution in [-0.2, 0) is 17.6 Å². The first-order chi connectivity index (χ1) is 15.4. The van der Waals surface area contributed by atoms with Gasteiger partial charge in [0, 0.05) is 24.2 Å². The van der Waals surface area contributed by atoms with Crippen LogP contribution in [-0.4, -0.2) is 56.5 Å². The van der Waals surface area contributed by atoms with E-state index in [1.807, 2.05) is 24.3 Å². The Morgan fingerprint density at radius 2 is 2.12 bits per heavy atom. The van der Waals surface area contributed by atoms with Gasteiger partial charge >= 0.3 is 0 Å². The van der Waals surface area contributed by atoms with Crippen LogP contribution in [0.5, 0.6) is 5.75 Å². The maximum absolute atomic E-state index is 13.3. The standard InChI is InChI=1S/C23H24ClN5O3/c1-14-21(30)26-23(8-9-23)13-28(14)22(31)16-11-18(32-2)20-25-19(27-29(20)12-16)7-6-15-4-3-5-17(24)10-15/h3-5,10-12,14H,6-9,13H2,1-2H3,(H,26,30). The SMILES string of the molecule is COc1cc(C(=O)N2CC3(CC3)NC(=O)C2C)cn2nc(CCc3cccc(Cl)c3)nc12. The Hall–Kier alpha value is -3.13. The number of rotatable bonds is 5. The fourth-order valence-corrected chi connectivity index (χ4v) is 4.39. The van der Waals surface area contributed by atoms with Gasteiger partial charge < -0.3 is 15.0 Å². The van der Waals surface area contributed by atoms with Crippen LogP contribution in [0.4, 0.5) is 0 Å². The highest BCUT2D eigenvalue weighted by Gasteiger charge is 2.51. The number of fused-ring (bicyclic) bond motifs is 1. The second-order valence-electron chi connectivity index (χ2n) is 8.60. The Balaban J connectivity index is 1.41. The van der Waals surface area contributed by atoms with E-state index in [1.54, 1.807) is 35.7 Å². The second-order valence-corrected chi connectivity index (χ2v) is 9.04. The zero-order valence-corrected chi connectivity index (χ0v) is 18.7. The molecule has 1 unspecified atom stereocenters. The molecule has 166 valence electrons. The number of hydrogen-bond donors (Lipinski definition) is 1. The zero-order valence-electron chi connectivity index (χ0n) is 18.0. The highest BCUT2D eigenvalue weighted by Crippen LogP contribution is 2.39. The maximum atomic E-state index is 13.3. The second kappa shape index (κ2) is 7.78. The maximum Gasteiger partial charge on any atom is 0.256 e. The third-order valence-corrected chi connectivity index (χ3v) is 6.49. The van der Waals surface area contributed by atoms with Gasteiger partial charge in [0.2, 0.25) is 5.91 Å². The number of nitrogens with one attached hydrogen (secondary N) is 1. The summed E-state index contributed by atoms with van der Waals surface area (Å²) in [7, 11) is 1.54. The molecule has 3 heterocycles. The minimum absolute atomic E-state index is 0.112. The number of carbonyl (C=O) groups is 2. The molecule has 1 aliphatic carbocycles. The molecule has 9 heteroatoms. The summed E-state index contributed by atoms with van der Waals surface area (Å²) in [6.07, 6.45) is 4.83. The first-order valence-corrected chi connectivity index (χ1v) is 11.1. The van der Waals surface area contributed by atoms with Gasteiger partial charge in [0.15, 0.2) is 17.2 Å². The molecule has 0 bridgehead atoms. The average Bonchev–Trinajstić information content (AvgIpc) is 3.39. The van der Waals surface area contributed by atoms with E-state index >= 15 is 0 Å². The van der Waals surface area contributed by atoms with Crippen molar-refractivity contribution in [2.45, 2.75) is 44.2 Å². The molecule has 1 N–H and O–H groups in total. The third kappa shape index (κ3) is 3.79. The summed E-state index contributed by atoms with van der Waals surface area (Å²) in [5.41, 5.74) is 1.81. The number of aromatic nitrogens is 3. The predicted molar refractivity (Wildman–Crippen MR) is 119 cm³/mol. The van der Waals surface area contributed by atoms with Gasteiger partial charge in [-0.25, -0.2) is 9.50 Å². The van der Waals surface area contributed by atoms with Gasteiger partial charge in [-0.05, 0) is 49.9 Å². The Morgan fingerprint density at radius 3 is 2.84 bits per heavy atom. The Kier molecular flexibility index (Phi) is 5.04. The van der Waals surface area contributed by atoms with E-state index in [9.17, 15) is 9.59 Å². The van der Waals surface area contributed by atoms with Crippen molar-refractivity contribution in [2.24, 2.45) is 0 Å². The van der Waals surface area contributed by atoms with Crippen LogP contribution in [0.1, 0.15) is 41.5 Å². The molecule has 1 aromatic carbocycles. The van der Waals surface area contributed by atoms with E-state index in [-0.39, 0.29) is 17.4 Å². The van der Waals surface area contributed by atoms with E-state index in [0.717, 1.165) is 24.8 Å². The number of carbonyl (C=O) groups excluding carboxylic acids is 2. The van der Waals surface area contributed by atoms with Crippen LogP contribution in [0, 0.1) is 0 Å². The fraction of sp³-hybridized carbons (Fsp3) is 0.391. The predicted octanol–water partition coefficient (Wildman–Crippen LogP) is 2.67. The van der Waals surface area contributed by atoms with Gasteiger partial charge in [0.1, 0.15) is 6.04 Å². The quantitative estimate of drug-likeness (QED) is 0.641. The first kappa shape index (κ1) is 20.8. The molecular formula is C23H24ClN5O3. The lowest BCUT2D eigenvalue weighted by Gasteiger charge is -2.38. The van der Waals surface area contributed by atoms with Crippen molar-refractivity contribution in [3.63, 3.8) is 0 Å². The molecule has 0 radical (unpaired) electrons. The highest BCUT2D eigenvalue weighted by molar-refractivity contribution is 6.30. The number of pyridine rings is 1. The van der Waals surface area contributed by atoms with Crippen LogP contribution in [0.3, 0.4) is 0 Å². The summed E-state index contributed by atoms with van der Waals surface area (Å²) in [5.74, 6) is 0.789. The molecule has 3 aromatic rings. The minimum Gasteiger partial charge on any atom is -0.493 e. The molecule has 1 saturated heterocycles. The number of halogens is 1. The number of benzene rings is 1. The first-order valence-electron chi connectivity index (χ1n) is 10.7. The number of methoxy groups -OCH3 is 1.